The molecule has 5 heteroatoms. The molecule has 1 aromatic heterocycles. The number of ether oxygens (including phenoxy) is 1. The normalized spacial score (nSPS) is 14.6. The smallest absolute Gasteiger partial charge is 0.341 e. The summed E-state index contributed by atoms with van der Waals surface area (Å²) in [6.07, 6.45) is 5.93. The molecule has 25 heavy (non-hydrogen) atoms. The van der Waals surface area contributed by atoms with Crippen LogP contribution in [0.4, 0.5) is 4.39 Å². The highest BCUT2D eigenvalue weighted by atomic mass is 19.1. The Balaban J connectivity index is 1.91. The zero-order valence-electron chi connectivity index (χ0n) is 14.7. The van der Waals surface area contributed by atoms with Gasteiger partial charge in [-0.25, -0.2) is 9.18 Å². The number of esters is 1. The van der Waals surface area contributed by atoms with Crippen molar-refractivity contribution in [3.8, 4) is 0 Å². The van der Waals surface area contributed by atoms with E-state index >= 15 is 0 Å². The van der Waals surface area contributed by atoms with Crippen LogP contribution in [-0.4, -0.2) is 25.7 Å². The highest BCUT2D eigenvalue weighted by molar-refractivity contribution is 6.02. The highest BCUT2D eigenvalue weighted by Crippen LogP contribution is 2.33. The van der Waals surface area contributed by atoms with Crippen LogP contribution in [0, 0.1) is 5.82 Å². The number of carbonyl (C=O) groups is 1. The standard InChI is InChI=1S/C20H22FNO3/c1-12(2)22-11-13-4-6-14(7-5-13)18-9-15-8-16(21)10-17(19(15)25-18)20(23)24-3/h4,6,8-10,12,22H,5,7,11H2,1-3H3. The Kier molecular flexibility index (Phi) is 5.04. The summed E-state index contributed by atoms with van der Waals surface area (Å²) in [5.74, 6) is -0.428. The van der Waals surface area contributed by atoms with E-state index in [1.165, 1.54) is 18.7 Å². The van der Waals surface area contributed by atoms with E-state index in [-0.39, 0.29) is 5.56 Å². The molecule has 0 amide bonds. The van der Waals surface area contributed by atoms with E-state index in [9.17, 15) is 9.18 Å². The fourth-order valence-electron chi connectivity index (χ4n) is 2.90. The summed E-state index contributed by atoms with van der Waals surface area (Å²) in [7, 11) is 1.27. The third kappa shape index (κ3) is 3.82. The first-order valence-corrected chi connectivity index (χ1v) is 8.41. The van der Waals surface area contributed by atoms with E-state index in [1.807, 2.05) is 6.08 Å². The third-order valence-electron chi connectivity index (χ3n) is 4.28. The average Bonchev–Trinajstić information content (AvgIpc) is 3.02. The summed E-state index contributed by atoms with van der Waals surface area (Å²) in [6.45, 7) is 5.12. The zero-order chi connectivity index (χ0) is 18.0. The lowest BCUT2D eigenvalue weighted by molar-refractivity contribution is 0.0601. The third-order valence-corrected chi connectivity index (χ3v) is 4.28. The van der Waals surface area contributed by atoms with Gasteiger partial charge in [-0.3, -0.25) is 0 Å². The number of carbonyl (C=O) groups excluding carboxylic acids is 1. The lowest BCUT2D eigenvalue weighted by Gasteiger charge is -2.15. The van der Waals surface area contributed by atoms with Crippen molar-refractivity contribution in [2.45, 2.75) is 32.7 Å². The van der Waals surface area contributed by atoms with Crippen LogP contribution in [0.2, 0.25) is 0 Å². The number of methoxy groups -OCH3 is 1. The maximum atomic E-state index is 13.8. The predicted octanol–water partition coefficient (Wildman–Crippen LogP) is 4.46. The van der Waals surface area contributed by atoms with Crippen LogP contribution in [0.5, 0.6) is 0 Å². The van der Waals surface area contributed by atoms with Gasteiger partial charge in [0, 0.05) is 18.0 Å². The number of rotatable bonds is 5. The van der Waals surface area contributed by atoms with E-state index in [0.29, 0.717) is 22.8 Å². The molecule has 1 N–H and O–H groups in total. The molecular formula is C20H22FNO3. The Morgan fingerprint density at radius 1 is 1.28 bits per heavy atom. The molecule has 0 bridgehead atoms. The number of hydrogen-bond acceptors (Lipinski definition) is 4. The second-order valence-corrected chi connectivity index (χ2v) is 6.53. The Bertz CT molecular complexity index is 861. The molecule has 1 heterocycles. The summed E-state index contributed by atoms with van der Waals surface area (Å²) in [5, 5.41) is 3.97. The van der Waals surface area contributed by atoms with E-state index in [4.69, 9.17) is 9.15 Å². The van der Waals surface area contributed by atoms with Gasteiger partial charge in [0.05, 0.1) is 7.11 Å². The van der Waals surface area contributed by atoms with Gasteiger partial charge in [0.15, 0.2) is 0 Å². The van der Waals surface area contributed by atoms with Crippen molar-refractivity contribution in [2.24, 2.45) is 0 Å². The maximum Gasteiger partial charge on any atom is 0.341 e. The Morgan fingerprint density at radius 2 is 2.08 bits per heavy atom. The van der Waals surface area contributed by atoms with Gasteiger partial charge in [0.1, 0.15) is 22.7 Å². The minimum atomic E-state index is -0.607. The molecule has 4 nitrogen and oxygen atoms in total. The highest BCUT2D eigenvalue weighted by Gasteiger charge is 2.19. The Hall–Kier alpha value is -2.40. The van der Waals surface area contributed by atoms with Crippen molar-refractivity contribution >= 4 is 22.5 Å². The molecule has 1 aliphatic rings. The van der Waals surface area contributed by atoms with Crippen LogP contribution in [0.1, 0.15) is 42.8 Å². The average molecular weight is 343 g/mol. The van der Waals surface area contributed by atoms with Crippen LogP contribution >= 0.6 is 0 Å². The molecule has 2 aromatic rings. The van der Waals surface area contributed by atoms with Gasteiger partial charge >= 0.3 is 5.97 Å². The van der Waals surface area contributed by atoms with Crippen LogP contribution in [0.25, 0.3) is 16.5 Å². The first-order valence-electron chi connectivity index (χ1n) is 8.41. The van der Waals surface area contributed by atoms with Crippen LogP contribution < -0.4 is 5.32 Å². The molecule has 0 unspecified atom stereocenters. The van der Waals surface area contributed by atoms with Gasteiger partial charge in [0.25, 0.3) is 0 Å². The van der Waals surface area contributed by atoms with Crippen molar-refractivity contribution in [3.05, 3.63) is 53.1 Å². The van der Waals surface area contributed by atoms with Gasteiger partial charge in [-0.15, -0.1) is 0 Å². The lowest BCUT2D eigenvalue weighted by Crippen LogP contribution is -2.25. The van der Waals surface area contributed by atoms with Crippen LogP contribution in [-0.2, 0) is 4.74 Å². The molecule has 0 radical (unpaired) electrons. The molecule has 0 saturated heterocycles. The molecule has 1 aliphatic carbocycles. The van der Waals surface area contributed by atoms with Gasteiger partial charge < -0.3 is 14.5 Å². The van der Waals surface area contributed by atoms with Crippen molar-refractivity contribution in [3.63, 3.8) is 0 Å². The second-order valence-electron chi connectivity index (χ2n) is 6.53. The monoisotopic (exact) mass is 343 g/mol. The van der Waals surface area contributed by atoms with Gasteiger partial charge in [-0.05, 0) is 36.6 Å². The molecule has 0 atom stereocenters. The van der Waals surface area contributed by atoms with Crippen molar-refractivity contribution in [1.82, 2.24) is 5.32 Å². The number of nitrogens with one attached hydrogen (secondary N) is 1. The number of hydrogen-bond donors (Lipinski definition) is 1. The Morgan fingerprint density at radius 3 is 2.72 bits per heavy atom. The number of furan rings is 1. The van der Waals surface area contributed by atoms with Crippen LogP contribution in [0.3, 0.4) is 0 Å². The van der Waals surface area contributed by atoms with E-state index in [2.05, 4.69) is 25.2 Å². The molecule has 0 fully saturated rings. The van der Waals surface area contributed by atoms with Crippen molar-refractivity contribution in [1.29, 1.82) is 0 Å². The summed E-state index contributed by atoms with van der Waals surface area (Å²) >= 11 is 0. The summed E-state index contributed by atoms with van der Waals surface area (Å²) in [4.78, 5) is 11.9. The van der Waals surface area contributed by atoms with Crippen molar-refractivity contribution in [2.75, 3.05) is 13.7 Å². The van der Waals surface area contributed by atoms with E-state index in [1.54, 1.807) is 6.07 Å². The fraction of sp³-hybridized carbons (Fsp3) is 0.350. The molecule has 3 rings (SSSR count). The second kappa shape index (κ2) is 7.23. The molecule has 0 spiro atoms. The minimum absolute atomic E-state index is 0.109. The van der Waals surface area contributed by atoms with E-state index in [0.717, 1.165) is 31.0 Å². The van der Waals surface area contributed by atoms with Gasteiger partial charge in [-0.2, -0.15) is 0 Å². The number of halogens is 1. The largest absolute Gasteiger partial charge is 0.465 e. The SMILES string of the molecule is COC(=O)c1cc(F)cc2cc(C3=CC=C(CNC(C)C)CC3)oc12. The molecule has 0 aliphatic heterocycles. The van der Waals surface area contributed by atoms with Gasteiger partial charge in [0.2, 0.25) is 0 Å². The Labute approximate surface area is 146 Å². The summed E-state index contributed by atoms with van der Waals surface area (Å²) in [6, 6.07) is 4.74. The number of allylic oxidation sites excluding steroid dienone is 3. The predicted molar refractivity (Wildman–Crippen MR) is 95.9 cm³/mol. The van der Waals surface area contributed by atoms with Crippen molar-refractivity contribution < 1.29 is 18.3 Å². The quantitative estimate of drug-likeness (QED) is 0.815. The first-order chi connectivity index (χ1) is 12.0. The summed E-state index contributed by atoms with van der Waals surface area (Å²) < 4.78 is 24.4. The minimum Gasteiger partial charge on any atom is -0.465 e. The molecule has 1 aromatic carbocycles. The van der Waals surface area contributed by atoms with E-state index < -0.39 is 11.8 Å². The molecular weight excluding hydrogens is 321 g/mol. The number of benzene rings is 1. The molecule has 132 valence electrons. The maximum absolute atomic E-state index is 13.8. The summed E-state index contributed by atoms with van der Waals surface area (Å²) in [5.41, 5.74) is 2.86. The van der Waals surface area contributed by atoms with Crippen LogP contribution in [0.15, 0.2) is 40.3 Å². The first kappa shape index (κ1) is 17.4. The van der Waals surface area contributed by atoms with Gasteiger partial charge in [-0.1, -0.05) is 31.6 Å². The zero-order valence-corrected chi connectivity index (χ0v) is 14.7. The topological polar surface area (TPSA) is 51.5 Å². The lowest BCUT2D eigenvalue weighted by atomic mass is 9.96. The number of fused-ring (bicyclic) bond motifs is 1. The molecule has 0 saturated carbocycles. The fourth-order valence-corrected chi connectivity index (χ4v) is 2.90.